The quantitative estimate of drug-likeness (QED) is 0.522. The van der Waals surface area contributed by atoms with Crippen LogP contribution in [0, 0.1) is 13.1 Å². The molecule has 1 aromatic rings. The SMILES string of the molecule is CC(=O)c1[c-]n(C)nc1C.[Y+3]. The maximum Gasteiger partial charge on any atom is 3.00 e. The number of hydrogen-bond donors (Lipinski definition) is 0. The van der Waals surface area contributed by atoms with Gasteiger partial charge >= 0.3 is 32.7 Å². The van der Waals surface area contributed by atoms with E-state index in [9.17, 15) is 4.79 Å². The minimum absolute atomic E-state index is 0. The molecule has 0 amide bonds. The molecule has 0 unspecified atom stereocenters. The van der Waals surface area contributed by atoms with E-state index in [4.69, 9.17) is 0 Å². The number of aryl methyl sites for hydroxylation is 2. The molecule has 0 radical (unpaired) electrons. The van der Waals surface area contributed by atoms with Gasteiger partial charge < -0.3 is 9.48 Å². The molecule has 0 saturated carbocycles. The molecule has 0 spiro atoms. The summed E-state index contributed by atoms with van der Waals surface area (Å²) in [5.41, 5.74) is 1.33. The van der Waals surface area contributed by atoms with Gasteiger partial charge in [0.15, 0.2) is 0 Å². The Morgan fingerprint density at radius 1 is 1.64 bits per heavy atom. The Hall–Kier alpha value is -0.0161. The molecule has 0 aliphatic rings. The summed E-state index contributed by atoms with van der Waals surface area (Å²) in [6.45, 7) is 3.31. The Morgan fingerprint density at radius 3 is 2.36 bits per heavy atom. The van der Waals surface area contributed by atoms with E-state index in [0.29, 0.717) is 5.56 Å². The van der Waals surface area contributed by atoms with Gasteiger partial charge in [0.1, 0.15) is 0 Å². The fraction of sp³-hybridized carbons (Fsp3) is 0.429. The van der Waals surface area contributed by atoms with Crippen molar-refractivity contribution in [3.05, 3.63) is 17.5 Å². The minimum atomic E-state index is 0. The van der Waals surface area contributed by atoms with Gasteiger partial charge in [-0.1, -0.05) is 13.1 Å². The molecule has 3 nitrogen and oxygen atoms in total. The van der Waals surface area contributed by atoms with Gasteiger partial charge in [0.25, 0.3) is 0 Å². The third-order valence-corrected chi connectivity index (χ3v) is 1.29. The van der Waals surface area contributed by atoms with Crippen LogP contribution in [-0.2, 0) is 39.8 Å². The van der Waals surface area contributed by atoms with Crippen LogP contribution in [0.5, 0.6) is 0 Å². The van der Waals surface area contributed by atoms with Crippen molar-refractivity contribution in [1.29, 1.82) is 0 Å². The topological polar surface area (TPSA) is 34.9 Å². The van der Waals surface area contributed by atoms with Crippen LogP contribution in [0.3, 0.4) is 0 Å². The first-order valence-electron chi connectivity index (χ1n) is 3.05. The normalized spacial score (nSPS) is 9.00. The van der Waals surface area contributed by atoms with Crippen LogP contribution in [0.25, 0.3) is 0 Å². The summed E-state index contributed by atoms with van der Waals surface area (Å²) in [5, 5.41) is 3.97. The summed E-state index contributed by atoms with van der Waals surface area (Å²) in [6.07, 6.45) is 2.80. The summed E-state index contributed by atoms with van der Waals surface area (Å²) in [7, 11) is 1.75. The average molecular weight is 226 g/mol. The molecule has 1 heterocycles. The maximum atomic E-state index is 10.8. The van der Waals surface area contributed by atoms with E-state index in [0.717, 1.165) is 5.69 Å². The van der Waals surface area contributed by atoms with Crippen molar-refractivity contribution in [3.8, 4) is 0 Å². The summed E-state index contributed by atoms with van der Waals surface area (Å²) >= 11 is 0. The minimum Gasteiger partial charge on any atom is -0.371 e. The van der Waals surface area contributed by atoms with Crippen molar-refractivity contribution >= 4 is 5.78 Å². The zero-order chi connectivity index (χ0) is 7.72. The Morgan fingerprint density at radius 2 is 2.18 bits per heavy atom. The molecule has 0 aliphatic carbocycles. The number of Topliss-reactive ketones (excluding diaryl/α,β-unsaturated/α-hetero) is 1. The third kappa shape index (κ3) is 2.49. The number of hydrogen-bond acceptors (Lipinski definition) is 2. The summed E-state index contributed by atoms with van der Waals surface area (Å²) in [6, 6.07) is 0. The van der Waals surface area contributed by atoms with E-state index in [-0.39, 0.29) is 38.5 Å². The smallest absolute Gasteiger partial charge is 0.371 e. The second-order valence-electron chi connectivity index (χ2n) is 2.25. The molecule has 54 valence electrons. The number of nitrogens with zero attached hydrogens (tertiary/aromatic N) is 2. The first kappa shape index (κ1) is 11.0. The van der Waals surface area contributed by atoms with Crippen LogP contribution in [-0.4, -0.2) is 15.6 Å². The van der Waals surface area contributed by atoms with Gasteiger partial charge in [0.2, 0.25) is 0 Å². The number of ketones is 1. The molecule has 1 rings (SSSR count). The zero-order valence-corrected chi connectivity index (χ0v) is 9.72. The van der Waals surface area contributed by atoms with Crippen molar-refractivity contribution in [2.45, 2.75) is 13.8 Å². The molecular formula is C7H9N2OY+2. The second kappa shape index (κ2) is 4.12. The Labute approximate surface area is 91.0 Å². The summed E-state index contributed by atoms with van der Waals surface area (Å²) in [5.74, 6) is 0.0191. The molecule has 0 aromatic carbocycles. The van der Waals surface area contributed by atoms with E-state index >= 15 is 0 Å². The fourth-order valence-corrected chi connectivity index (χ4v) is 0.876. The number of carbonyl (C=O) groups excluding carboxylic acids is 1. The Bertz CT molecular complexity index is 267. The van der Waals surface area contributed by atoms with Gasteiger partial charge in [0.05, 0.1) is 0 Å². The first-order chi connectivity index (χ1) is 4.61. The Kier molecular flexibility index (Phi) is 4.11. The van der Waals surface area contributed by atoms with Crippen molar-refractivity contribution in [2.75, 3.05) is 0 Å². The monoisotopic (exact) mass is 226 g/mol. The van der Waals surface area contributed by atoms with Crippen LogP contribution in [0.1, 0.15) is 23.0 Å². The molecular weight excluding hydrogens is 217 g/mol. The molecule has 0 bridgehead atoms. The van der Waals surface area contributed by atoms with Gasteiger partial charge in [-0.15, -0.1) is 5.56 Å². The van der Waals surface area contributed by atoms with E-state index < -0.39 is 0 Å². The number of rotatable bonds is 1. The predicted molar refractivity (Wildman–Crippen MR) is 36.8 cm³/mol. The van der Waals surface area contributed by atoms with Crippen LogP contribution in [0.15, 0.2) is 0 Å². The van der Waals surface area contributed by atoms with Crippen LogP contribution in [0.4, 0.5) is 0 Å². The van der Waals surface area contributed by atoms with E-state index in [1.165, 1.54) is 11.6 Å². The van der Waals surface area contributed by atoms with Crippen LogP contribution < -0.4 is 0 Å². The van der Waals surface area contributed by atoms with Crippen LogP contribution >= 0.6 is 0 Å². The maximum absolute atomic E-state index is 10.8. The van der Waals surface area contributed by atoms with Gasteiger partial charge in [-0.3, -0.25) is 5.10 Å². The second-order valence-corrected chi connectivity index (χ2v) is 2.25. The first-order valence-corrected chi connectivity index (χ1v) is 3.05. The Balaban J connectivity index is 0.000001000. The standard InChI is InChI=1S/C7H9N2O.Y/c1-5-7(6(2)10)4-9(3)8-5;/h1-3H3;/q-1;+3. The zero-order valence-electron chi connectivity index (χ0n) is 6.88. The van der Waals surface area contributed by atoms with Crippen molar-refractivity contribution in [2.24, 2.45) is 7.05 Å². The molecule has 0 saturated heterocycles. The van der Waals surface area contributed by atoms with Crippen LogP contribution in [0.2, 0.25) is 0 Å². The van der Waals surface area contributed by atoms with Crippen molar-refractivity contribution in [1.82, 2.24) is 9.78 Å². The van der Waals surface area contributed by atoms with E-state index in [1.807, 2.05) is 0 Å². The third-order valence-electron chi connectivity index (χ3n) is 1.29. The van der Waals surface area contributed by atoms with E-state index in [1.54, 1.807) is 14.0 Å². The van der Waals surface area contributed by atoms with Crippen molar-refractivity contribution in [3.63, 3.8) is 0 Å². The molecule has 0 fully saturated rings. The van der Waals surface area contributed by atoms with Gasteiger partial charge in [0, 0.05) is 12.8 Å². The fourth-order valence-electron chi connectivity index (χ4n) is 0.876. The number of carbonyl (C=O) groups is 1. The van der Waals surface area contributed by atoms with Gasteiger partial charge in [-0.2, -0.15) is 0 Å². The van der Waals surface area contributed by atoms with Gasteiger partial charge in [-0.25, -0.2) is 0 Å². The molecule has 0 N–H and O–H groups in total. The van der Waals surface area contributed by atoms with E-state index in [2.05, 4.69) is 11.3 Å². The molecule has 0 atom stereocenters. The summed E-state index contributed by atoms with van der Waals surface area (Å²) in [4.78, 5) is 10.8. The molecule has 1 aromatic heterocycles. The van der Waals surface area contributed by atoms with Crippen molar-refractivity contribution < 1.29 is 37.5 Å². The molecule has 11 heavy (non-hydrogen) atoms. The number of aromatic nitrogens is 2. The predicted octanol–water partition coefficient (Wildman–Crippen LogP) is 0.729. The average Bonchev–Trinajstić information content (AvgIpc) is 2.10. The molecule has 0 aliphatic heterocycles. The largest absolute Gasteiger partial charge is 3.00 e. The van der Waals surface area contributed by atoms with Gasteiger partial charge in [-0.05, 0) is 12.6 Å². The summed E-state index contributed by atoms with van der Waals surface area (Å²) < 4.78 is 1.52. The molecule has 4 heteroatoms.